The summed E-state index contributed by atoms with van der Waals surface area (Å²) in [6.07, 6.45) is 22.3. The maximum atomic E-state index is 4.07. The van der Waals surface area contributed by atoms with Crippen LogP contribution >= 0.6 is 15.8 Å². The lowest BCUT2D eigenvalue weighted by Gasteiger charge is -2.29. The molecule has 2 heteroatoms. The van der Waals surface area contributed by atoms with Crippen molar-refractivity contribution >= 4 is 21.3 Å². The number of rotatable bonds is 1. The van der Waals surface area contributed by atoms with E-state index in [-0.39, 0.29) is 0 Å². The van der Waals surface area contributed by atoms with E-state index < -0.39 is 0 Å². The Balaban J connectivity index is 1.92. The third-order valence-electron chi connectivity index (χ3n) is 5.49. The van der Waals surface area contributed by atoms with Crippen molar-refractivity contribution in [1.29, 1.82) is 0 Å². The average Bonchev–Trinajstić information content (AvgIpc) is 2.60. The van der Waals surface area contributed by atoms with Crippen molar-refractivity contribution < 1.29 is 0 Å². The zero-order chi connectivity index (χ0) is 13.3. The summed E-state index contributed by atoms with van der Waals surface area (Å²) in [6, 6.07) is 0. The molecule has 0 N–H and O–H groups in total. The summed E-state index contributed by atoms with van der Waals surface area (Å²) in [4.78, 5) is 0. The largest absolute Gasteiger partial charge is 0.226 e. The first kappa shape index (κ1) is 15.9. The lowest BCUT2D eigenvalue weighted by Crippen LogP contribution is -2.22. The average molecular weight is 327 g/mol. The summed E-state index contributed by atoms with van der Waals surface area (Å²) in [7, 11) is 0. The van der Waals surface area contributed by atoms with Gasteiger partial charge in [0.25, 0.3) is 0 Å². The Morgan fingerprint density at radius 1 is 0.579 bits per heavy atom. The van der Waals surface area contributed by atoms with Crippen LogP contribution in [0.15, 0.2) is 0 Å². The Morgan fingerprint density at radius 2 is 1.05 bits per heavy atom. The lowest BCUT2D eigenvalue weighted by molar-refractivity contribution is 0.381. The Labute approximate surface area is 129 Å². The van der Waals surface area contributed by atoms with E-state index in [0.29, 0.717) is 0 Å². The van der Waals surface area contributed by atoms with Gasteiger partial charge in [-0.2, -0.15) is 15.8 Å². The second-order valence-electron chi connectivity index (χ2n) is 6.98. The second-order valence-corrected chi connectivity index (χ2v) is 8.16. The van der Waals surface area contributed by atoms with Gasteiger partial charge in [0.1, 0.15) is 0 Å². The summed E-state index contributed by atoms with van der Waals surface area (Å²) in [5.41, 5.74) is 0.816. The molecule has 0 nitrogen and oxygen atoms in total. The van der Waals surface area contributed by atoms with Crippen LogP contribution in [0.2, 0.25) is 12.1 Å². The molecule has 1 unspecified atom stereocenters. The van der Waals surface area contributed by atoms with Gasteiger partial charge in [0, 0.05) is 0 Å². The van der Waals surface area contributed by atoms with Crippen molar-refractivity contribution in [2.45, 2.75) is 102 Å². The highest BCUT2D eigenvalue weighted by molar-refractivity contribution is 9.24. The molecule has 0 aromatic heterocycles. The molecule has 2 rings (SSSR count). The van der Waals surface area contributed by atoms with Gasteiger partial charge >= 0.3 is 0 Å². The first-order chi connectivity index (χ1) is 9.38. The molecule has 0 bridgehead atoms. The summed E-state index contributed by atoms with van der Waals surface area (Å²) in [5.74, 6) is 2.01. The monoisotopic (exact) mass is 326 g/mol. The molecule has 1 atom stereocenters. The van der Waals surface area contributed by atoms with E-state index in [2.05, 4.69) is 15.8 Å². The van der Waals surface area contributed by atoms with Gasteiger partial charge in [-0.3, -0.25) is 0 Å². The first-order valence-electron chi connectivity index (χ1n) is 9.02. The molecular weight excluding hydrogens is 295 g/mol. The van der Waals surface area contributed by atoms with Gasteiger partial charge in [0.05, 0.1) is 0 Å². The van der Waals surface area contributed by atoms with Crippen molar-refractivity contribution in [3.63, 3.8) is 0 Å². The topological polar surface area (TPSA) is 0 Å². The molecule has 0 amide bonds. The van der Waals surface area contributed by atoms with Crippen LogP contribution in [0, 0.1) is 5.92 Å². The zero-order valence-corrected chi connectivity index (χ0v) is 14.3. The highest BCUT2D eigenvalue weighted by Crippen LogP contribution is 2.41. The van der Waals surface area contributed by atoms with Gasteiger partial charge in [-0.05, 0) is 11.7 Å². The van der Waals surface area contributed by atoms with Crippen LogP contribution in [0.1, 0.15) is 89.9 Å². The smallest absolute Gasteiger partial charge is 0.156 e. The Morgan fingerprint density at radius 3 is 1.68 bits per heavy atom. The molecule has 0 aromatic carbocycles. The van der Waals surface area contributed by atoms with Gasteiger partial charge in [-0.15, -0.1) is 0 Å². The maximum absolute atomic E-state index is 4.07. The van der Waals surface area contributed by atoms with Crippen LogP contribution in [0.4, 0.5) is 0 Å². The minimum absolute atomic E-state index is 0.816. The van der Waals surface area contributed by atoms with Crippen molar-refractivity contribution in [2.75, 3.05) is 0 Å². The van der Waals surface area contributed by atoms with Crippen LogP contribution in [0.3, 0.4) is 0 Å². The molecule has 2 fully saturated rings. The van der Waals surface area contributed by atoms with Crippen molar-refractivity contribution in [1.82, 2.24) is 0 Å². The molecule has 0 aromatic rings. The lowest BCUT2D eigenvalue weighted by atomic mass is 9.53. The van der Waals surface area contributed by atoms with Gasteiger partial charge in [0.15, 0.2) is 0 Å². The minimum atomic E-state index is 0.816. The molecule has 1 saturated carbocycles. The molecule has 1 aliphatic heterocycles. The fourth-order valence-corrected chi connectivity index (χ4v) is 5.29. The van der Waals surface area contributed by atoms with Crippen LogP contribution in [0.25, 0.3) is 0 Å². The van der Waals surface area contributed by atoms with Crippen LogP contribution in [-0.4, -0.2) is 5.54 Å². The number of halogens is 1. The van der Waals surface area contributed by atoms with E-state index in [1.165, 1.54) is 96.2 Å². The first-order valence-corrected chi connectivity index (χ1v) is 9.93. The minimum Gasteiger partial charge on any atom is -0.156 e. The predicted octanol–water partition coefficient (Wildman–Crippen LogP) is 6.85. The Hall–Kier alpha value is 0.545. The highest BCUT2D eigenvalue weighted by atomic mass is 79.9. The normalized spacial score (nSPS) is 29.5. The molecule has 1 heterocycles. The number of hydrogen-bond donors (Lipinski definition) is 0. The molecular formula is C17H32BBr. The standard InChI is InChI=1S/C17H32BBr/c19-18-15-11-7-3-6-10-14-17(18)16-12-8-4-1-2-5-9-13-16/h16-17H,1-15H2. The van der Waals surface area contributed by atoms with Crippen LogP contribution < -0.4 is 0 Å². The van der Waals surface area contributed by atoms with E-state index in [1.54, 1.807) is 0 Å². The van der Waals surface area contributed by atoms with E-state index in [1.807, 2.05) is 0 Å². The van der Waals surface area contributed by atoms with Crippen LogP contribution in [0.5, 0.6) is 0 Å². The molecule has 110 valence electrons. The van der Waals surface area contributed by atoms with E-state index in [9.17, 15) is 0 Å². The third kappa shape index (κ3) is 5.82. The molecule has 1 aliphatic carbocycles. The van der Waals surface area contributed by atoms with Crippen molar-refractivity contribution in [3.8, 4) is 0 Å². The number of hydrogen-bond acceptors (Lipinski definition) is 0. The summed E-state index contributed by atoms with van der Waals surface area (Å²) in [5, 5.41) is 0. The molecule has 0 radical (unpaired) electrons. The third-order valence-corrected chi connectivity index (χ3v) is 6.62. The van der Waals surface area contributed by atoms with E-state index in [0.717, 1.165) is 17.3 Å². The van der Waals surface area contributed by atoms with Gasteiger partial charge in [0.2, 0.25) is 5.54 Å². The van der Waals surface area contributed by atoms with Gasteiger partial charge < -0.3 is 0 Å². The highest BCUT2D eigenvalue weighted by Gasteiger charge is 2.30. The molecule has 19 heavy (non-hydrogen) atoms. The van der Waals surface area contributed by atoms with Crippen molar-refractivity contribution in [3.05, 3.63) is 0 Å². The predicted molar refractivity (Wildman–Crippen MR) is 91.4 cm³/mol. The quantitative estimate of drug-likeness (QED) is 0.462. The van der Waals surface area contributed by atoms with Crippen molar-refractivity contribution in [2.24, 2.45) is 5.92 Å². The van der Waals surface area contributed by atoms with E-state index in [4.69, 9.17) is 0 Å². The van der Waals surface area contributed by atoms with Gasteiger partial charge in [-0.1, -0.05) is 96.2 Å². The molecule has 2 aliphatic rings. The summed E-state index contributed by atoms with van der Waals surface area (Å²) in [6.45, 7) is 0. The fourth-order valence-electron chi connectivity index (χ4n) is 4.27. The SMILES string of the molecule is BrB1CCCCCCCC1C1CCCCCCCC1. The molecule has 0 spiro atoms. The molecule has 1 saturated heterocycles. The van der Waals surface area contributed by atoms with E-state index >= 15 is 0 Å². The Bertz CT molecular complexity index is 221. The van der Waals surface area contributed by atoms with Gasteiger partial charge in [-0.25, -0.2) is 0 Å². The maximum Gasteiger partial charge on any atom is 0.226 e. The Kier molecular flexibility index (Phi) is 7.94. The summed E-state index contributed by atoms with van der Waals surface area (Å²) < 4.78 is 0. The fraction of sp³-hybridized carbons (Fsp3) is 1.00. The summed E-state index contributed by atoms with van der Waals surface area (Å²) >= 11 is 4.07. The van der Waals surface area contributed by atoms with Crippen LogP contribution in [-0.2, 0) is 0 Å². The second kappa shape index (κ2) is 9.48. The zero-order valence-electron chi connectivity index (χ0n) is 12.7.